The van der Waals surface area contributed by atoms with Crippen LogP contribution in [0, 0.1) is 49.4 Å². The van der Waals surface area contributed by atoms with Gasteiger partial charge in [-0.3, -0.25) is 0 Å². The van der Waals surface area contributed by atoms with E-state index in [1.165, 1.54) is 0 Å². The normalized spacial score (nSPS) is 10.8. The van der Waals surface area contributed by atoms with E-state index in [1.54, 1.807) is 0 Å². The molecule has 4 N–H and O–H groups in total. The SMILES string of the molecule is NC(CC(=O)[O-])(CC(=O)[O-])C(N)(CC(=O)[O-])CC(=O)[O-].[Eu+2].[Na+]. The molecule has 0 bridgehead atoms. The van der Waals surface area contributed by atoms with E-state index in [0.717, 1.165) is 0 Å². The Bertz CT molecular complexity index is 373. The Morgan fingerprint density at radius 2 is 0.773 bits per heavy atom. The minimum Gasteiger partial charge on any atom is -0.550 e. The van der Waals surface area contributed by atoms with Gasteiger partial charge in [0.25, 0.3) is 0 Å². The number of carbonyl (C=O) groups excluding carboxylic acids is 4. The van der Waals surface area contributed by atoms with Crippen LogP contribution in [0.1, 0.15) is 25.7 Å². The summed E-state index contributed by atoms with van der Waals surface area (Å²) in [5.41, 5.74) is 6.20. The number of aliphatic carboxylic acids is 4. The first-order valence-electron chi connectivity index (χ1n) is 5.29. The van der Waals surface area contributed by atoms with Gasteiger partial charge in [-0.05, 0) is 0 Å². The molecule has 0 aliphatic heterocycles. The molecule has 119 valence electrons. The van der Waals surface area contributed by atoms with Crippen molar-refractivity contribution in [3.63, 3.8) is 0 Å². The third-order valence-electron chi connectivity index (χ3n) is 2.83. The first kappa shape index (κ1) is 27.2. The maximum atomic E-state index is 10.6. The van der Waals surface area contributed by atoms with E-state index in [9.17, 15) is 39.6 Å². The fourth-order valence-corrected chi connectivity index (χ4v) is 1.86. The number of carboxylic acids is 4. The molecule has 0 fully saturated rings. The summed E-state index contributed by atoms with van der Waals surface area (Å²) < 4.78 is 0. The van der Waals surface area contributed by atoms with Crippen molar-refractivity contribution in [1.82, 2.24) is 0 Å². The fourth-order valence-electron chi connectivity index (χ4n) is 1.86. The van der Waals surface area contributed by atoms with E-state index >= 15 is 0 Å². The molecule has 0 aromatic carbocycles. The smallest absolute Gasteiger partial charge is 0.550 e. The molecule has 12 heteroatoms. The van der Waals surface area contributed by atoms with E-state index in [2.05, 4.69) is 0 Å². The van der Waals surface area contributed by atoms with Gasteiger partial charge in [0.15, 0.2) is 0 Å². The number of nitrogens with two attached hydrogens (primary N) is 2. The number of rotatable bonds is 9. The molecule has 0 atom stereocenters. The molecule has 1 radical (unpaired) electrons. The molecule has 0 aromatic heterocycles. The summed E-state index contributed by atoms with van der Waals surface area (Å²) >= 11 is 0. The van der Waals surface area contributed by atoms with Gasteiger partial charge in [-0.15, -0.1) is 0 Å². The van der Waals surface area contributed by atoms with Crippen LogP contribution in [0.5, 0.6) is 0 Å². The van der Waals surface area contributed by atoms with Gasteiger partial charge in [-0.25, -0.2) is 0 Å². The molecule has 0 rings (SSSR count). The Balaban J connectivity index is -0.00000180. The Labute approximate surface area is 188 Å². The van der Waals surface area contributed by atoms with Crippen LogP contribution >= 0.6 is 0 Å². The monoisotopic (exact) mass is 464 g/mol. The molecule has 0 unspecified atom stereocenters. The molecule has 0 aliphatic rings. The maximum Gasteiger partial charge on any atom is 2.00 e. The summed E-state index contributed by atoms with van der Waals surface area (Å²) in [5, 5.41) is 42.5. The summed E-state index contributed by atoms with van der Waals surface area (Å²) in [7, 11) is 0. The largest absolute Gasteiger partial charge is 2.00 e. The number of hydrogen-bond acceptors (Lipinski definition) is 10. The van der Waals surface area contributed by atoms with Crippen LogP contribution in [0.25, 0.3) is 0 Å². The summed E-state index contributed by atoms with van der Waals surface area (Å²) in [6, 6.07) is 0. The van der Waals surface area contributed by atoms with E-state index in [1.807, 2.05) is 0 Å². The molecule has 0 aliphatic carbocycles. The molecule has 0 saturated heterocycles. The second-order valence-electron chi connectivity index (χ2n) is 4.51. The van der Waals surface area contributed by atoms with Crippen molar-refractivity contribution in [3.8, 4) is 0 Å². The predicted octanol–water partition coefficient (Wildman–Crippen LogP) is -10.1. The minimum absolute atomic E-state index is 0. The molecule has 10 nitrogen and oxygen atoms in total. The summed E-state index contributed by atoms with van der Waals surface area (Å²) in [6.45, 7) is 0. The average molecular weight is 463 g/mol. The summed E-state index contributed by atoms with van der Waals surface area (Å²) in [5.74, 6) is -7.33. The van der Waals surface area contributed by atoms with Gasteiger partial charge in [-0.1, -0.05) is 0 Å². The third-order valence-corrected chi connectivity index (χ3v) is 2.83. The van der Waals surface area contributed by atoms with Gasteiger partial charge in [0.1, 0.15) is 0 Å². The first-order valence-corrected chi connectivity index (χ1v) is 5.29. The van der Waals surface area contributed by atoms with Crippen molar-refractivity contribution >= 4 is 23.9 Å². The minimum atomic E-state index is -2.43. The average Bonchev–Trinajstić information content (AvgIpc) is 2.10. The van der Waals surface area contributed by atoms with Crippen molar-refractivity contribution in [2.75, 3.05) is 0 Å². The second kappa shape index (κ2) is 11.0. The molecule has 0 aromatic rings. The van der Waals surface area contributed by atoms with Crippen molar-refractivity contribution in [2.24, 2.45) is 11.5 Å². The molecule has 0 saturated carbocycles. The Morgan fingerprint density at radius 3 is 0.864 bits per heavy atom. The second-order valence-corrected chi connectivity index (χ2v) is 4.51. The van der Waals surface area contributed by atoms with Crippen LogP contribution in [0.2, 0.25) is 0 Å². The van der Waals surface area contributed by atoms with E-state index in [4.69, 9.17) is 11.5 Å². The Morgan fingerprint density at radius 1 is 0.636 bits per heavy atom. The zero-order valence-corrected chi connectivity index (χ0v) is 16.1. The molecular formula is C10H12EuN2NaO8-. The third kappa shape index (κ3) is 8.87. The summed E-state index contributed by atoms with van der Waals surface area (Å²) in [6.07, 6.45) is -4.73. The van der Waals surface area contributed by atoms with Crippen LogP contribution < -0.4 is 61.5 Å². The Hall–Kier alpha value is 0.384. The Kier molecular flexibility index (Phi) is 13.7. The van der Waals surface area contributed by atoms with Crippen LogP contribution in [-0.2, 0) is 19.2 Å². The fraction of sp³-hybridized carbons (Fsp3) is 0.600. The quantitative estimate of drug-likeness (QED) is 0.308. The molecular weight excluding hydrogens is 451 g/mol. The van der Waals surface area contributed by atoms with Crippen molar-refractivity contribution in [1.29, 1.82) is 0 Å². The molecule has 22 heavy (non-hydrogen) atoms. The number of carbonyl (C=O) groups is 4. The molecule has 0 amide bonds. The maximum absolute atomic E-state index is 10.6. The first-order chi connectivity index (χ1) is 8.92. The zero-order chi connectivity index (χ0) is 16.1. The van der Waals surface area contributed by atoms with E-state index in [-0.39, 0.29) is 78.9 Å². The number of carboxylic acid groups (broad SMARTS) is 4. The van der Waals surface area contributed by atoms with Gasteiger partial charge >= 0.3 is 78.9 Å². The van der Waals surface area contributed by atoms with Gasteiger partial charge in [-0.2, -0.15) is 0 Å². The van der Waals surface area contributed by atoms with Crippen LogP contribution in [0.3, 0.4) is 0 Å². The number of hydrogen-bond donors (Lipinski definition) is 2. The molecule has 0 spiro atoms. The topological polar surface area (TPSA) is 213 Å². The van der Waals surface area contributed by atoms with E-state index < -0.39 is 60.6 Å². The van der Waals surface area contributed by atoms with Crippen molar-refractivity contribution in [3.05, 3.63) is 0 Å². The van der Waals surface area contributed by atoms with Crippen molar-refractivity contribution < 1.29 is 119 Å². The van der Waals surface area contributed by atoms with Crippen LogP contribution in [0.4, 0.5) is 0 Å². The summed E-state index contributed by atoms with van der Waals surface area (Å²) in [4.78, 5) is 42.5. The predicted molar refractivity (Wildman–Crippen MR) is 52.3 cm³/mol. The van der Waals surface area contributed by atoms with Gasteiger partial charge < -0.3 is 51.1 Å². The zero-order valence-electron chi connectivity index (χ0n) is 11.6. The van der Waals surface area contributed by atoms with Gasteiger partial charge in [0.05, 0.1) is 0 Å². The van der Waals surface area contributed by atoms with E-state index in [0.29, 0.717) is 0 Å². The molecule has 0 heterocycles. The van der Waals surface area contributed by atoms with Crippen LogP contribution in [-0.4, -0.2) is 35.0 Å². The van der Waals surface area contributed by atoms with Crippen LogP contribution in [0.15, 0.2) is 0 Å². The van der Waals surface area contributed by atoms with Crippen molar-refractivity contribution in [2.45, 2.75) is 36.8 Å². The standard InChI is InChI=1S/C10H16N2O8.Eu.Na/c11-9(1-5(13)14,2-6(15)16)10(12,3-7(17)18)4-8(19)20;;/h1-4,11-12H2,(H,13,14)(H,15,16)(H,17,18)(H,19,20);;/q;+2;+1/p-4. The van der Waals surface area contributed by atoms with Gasteiger partial charge in [0.2, 0.25) is 0 Å². The van der Waals surface area contributed by atoms with Gasteiger partial charge in [0, 0.05) is 60.6 Å².